The Morgan fingerprint density at radius 3 is 2.27 bits per heavy atom. The molecule has 0 N–H and O–H groups in total. The van der Waals surface area contributed by atoms with Crippen molar-refractivity contribution in [2.75, 3.05) is 13.1 Å². The summed E-state index contributed by atoms with van der Waals surface area (Å²) in [6.45, 7) is 8.11. The number of hydrogen-bond acceptors (Lipinski definition) is 7. The molecule has 0 saturated heterocycles. The molecule has 3 rings (SSSR count). The van der Waals surface area contributed by atoms with Gasteiger partial charge in [-0.3, -0.25) is 4.79 Å². The van der Waals surface area contributed by atoms with Crippen molar-refractivity contribution in [3.05, 3.63) is 65.5 Å². The minimum Gasteiger partial charge on any atom is -0.453 e. The molecule has 1 aromatic heterocycles. The van der Waals surface area contributed by atoms with E-state index in [0.29, 0.717) is 25.4 Å². The van der Waals surface area contributed by atoms with E-state index in [4.69, 9.17) is 9.15 Å². The fourth-order valence-corrected chi connectivity index (χ4v) is 4.76. The first kappa shape index (κ1) is 24.6. The Labute approximate surface area is 194 Å². The molecule has 0 fully saturated rings. The molecule has 0 aliphatic rings. The number of benzene rings is 2. The SMILES string of the molecule is CCN(CC)S(=O)(=O)c1ccc(CCC(=O)OC(C)c2nnc(-c3ccc(C)cc3)o2)cc1. The van der Waals surface area contributed by atoms with Crippen LogP contribution in [-0.4, -0.2) is 42.0 Å². The highest BCUT2D eigenvalue weighted by molar-refractivity contribution is 7.89. The first-order valence-corrected chi connectivity index (χ1v) is 12.4. The summed E-state index contributed by atoms with van der Waals surface area (Å²) in [6.07, 6.45) is -0.105. The van der Waals surface area contributed by atoms with Gasteiger partial charge in [-0.2, -0.15) is 4.31 Å². The molecule has 8 nitrogen and oxygen atoms in total. The molecule has 0 spiro atoms. The van der Waals surface area contributed by atoms with Gasteiger partial charge in [0.05, 0.1) is 4.90 Å². The van der Waals surface area contributed by atoms with E-state index in [1.165, 1.54) is 4.31 Å². The number of hydrogen-bond donors (Lipinski definition) is 0. The Bertz CT molecular complexity index is 1170. The first-order valence-electron chi connectivity index (χ1n) is 10.9. The second kappa shape index (κ2) is 10.7. The Kier molecular flexibility index (Phi) is 7.99. The minimum absolute atomic E-state index is 0.144. The minimum atomic E-state index is -3.50. The second-order valence-electron chi connectivity index (χ2n) is 7.68. The Hall–Kier alpha value is -3.04. The van der Waals surface area contributed by atoms with Gasteiger partial charge in [-0.1, -0.05) is 43.7 Å². The van der Waals surface area contributed by atoms with E-state index >= 15 is 0 Å². The van der Waals surface area contributed by atoms with Gasteiger partial charge in [0.2, 0.25) is 15.9 Å². The van der Waals surface area contributed by atoms with Crippen molar-refractivity contribution in [3.63, 3.8) is 0 Å². The van der Waals surface area contributed by atoms with Gasteiger partial charge in [0.15, 0.2) is 6.10 Å². The molecule has 1 atom stereocenters. The maximum absolute atomic E-state index is 12.6. The molecule has 0 aliphatic heterocycles. The summed E-state index contributed by atoms with van der Waals surface area (Å²) in [5.74, 6) is 0.190. The van der Waals surface area contributed by atoms with Crippen molar-refractivity contribution in [3.8, 4) is 11.5 Å². The summed E-state index contributed by atoms with van der Waals surface area (Å²) in [6, 6.07) is 14.3. The number of carbonyl (C=O) groups is 1. The fraction of sp³-hybridized carbons (Fsp3) is 0.375. The molecule has 0 saturated carbocycles. The zero-order valence-electron chi connectivity index (χ0n) is 19.3. The lowest BCUT2D eigenvalue weighted by Crippen LogP contribution is -2.30. The topological polar surface area (TPSA) is 103 Å². The molecule has 3 aromatic rings. The fourth-order valence-electron chi connectivity index (χ4n) is 3.31. The van der Waals surface area contributed by atoms with Crippen molar-refractivity contribution in [2.24, 2.45) is 0 Å². The molecular formula is C24H29N3O5S. The number of aryl methyl sites for hydroxylation is 2. The standard InChI is InChI=1S/C24H29N3O5S/c1-5-27(6-2)33(29,30)21-14-9-19(10-15-21)11-16-22(28)31-18(4)23-25-26-24(32-23)20-12-7-17(3)8-13-20/h7-10,12-15,18H,5-6,11,16H2,1-4H3. The summed E-state index contributed by atoms with van der Waals surface area (Å²) in [5.41, 5.74) is 2.77. The summed E-state index contributed by atoms with van der Waals surface area (Å²) in [4.78, 5) is 12.5. The number of carbonyl (C=O) groups excluding carboxylic acids is 1. The summed E-state index contributed by atoms with van der Waals surface area (Å²) < 4.78 is 37.6. The van der Waals surface area contributed by atoms with E-state index < -0.39 is 22.1 Å². The van der Waals surface area contributed by atoms with Crippen LogP contribution >= 0.6 is 0 Å². The summed E-state index contributed by atoms with van der Waals surface area (Å²) >= 11 is 0. The van der Waals surface area contributed by atoms with Crippen molar-refractivity contribution < 1.29 is 22.4 Å². The summed E-state index contributed by atoms with van der Waals surface area (Å²) in [7, 11) is -3.50. The zero-order valence-corrected chi connectivity index (χ0v) is 20.1. The van der Waals surface area contributed by atoms with Crippen molar-refractivity contribution in [1.82, 2.24) is 14.5 Å². The van der Waals surface area contributed by atoms with Gasteiger partial charge >= 0.3 is 5.97 Å². The van der Waals surface area contributed by atoms with Crippen LogP contribution in [0.5, 0.6) is 0 Å². The van der Waals surface area contributed by atoms with E-state index in [1.54, 1.807) is 45.0 Å². The highest BCUT2D eigenvalue weighted by Crippen LogP contribution is 2.23. The van der Waals surface area contributed by atoms with Crippen LogP contribution in [0.3, 0.4) is 0 Å². The van der Waals surface area contributed by atoms with Crippen molar-refractivity contribution >= 4 is 16.0 Å². The van der Waals surface area contributed by atoms with Gasteiger partial charge < -0.3 is 9.15 Å². The van der Waals surface area contributed by atoms with E-state index in [0.717, 1.165) is 16.7 Å². The number of ether oxygens (including phenoxy) is 1. The smallest absolute Gasteiger partial charge is 0.306 e. The van der Waals surface area contributed by atoms with E-state index in [-0.39, 0.29) is 17.2 Å². The molecule has 0 aliphatic carbocycles. The number of esters is 1. The maximum Gasteiger partial charge on any atom is 0.306 e. The zero-order chi connectivity index (χ0) is 24.0. The van der Waals surface area contributed by atoms with E-state index in [1.807, 2.05) is 31.2 Å². The lowest BCUT2D eigenvalue weighted by atomic mass is 10.1. The quantitative estimate of drug-likeness (QED) is 0.406. The average Bonchev–Trinajstić information content (AvgIpc) is 3.29. The molecule has 9 heteroatoms. The second-order valence-corrected chi connectivity index (χ2v) is 9.61. The molecular weight excluding hydrogens is 442 g/mol. The molecule has 0 bridgehead atoms. The molecule has 0 amide bonds. The van der Waals surface area contributed by atoms with Crippen molar-refractivity contribution in [1.29, 1.82) is 0 Å². The number of aromatic nitrogens is 2. The predicted molar refractivity (Wildman–Crippen MR) is 124 cm³/mol. The highest BCUT2D eigenvalue weighted by atomic mass is 32.2. The third-order valence-electron chi connectivity index (χ3n) is 5.28. The van der Waals surface area contributed by atoms with Crippen LogP contribution in [0.15, 0.2) is 57.8 Å². The lowest BCUT2D eigenvalue weighted by Gasteiger charge is -2.18. The Morgan fingerprint density at radius 1 is 1.03 bits per heavy atom. The van der Waals surface area contributed by atoms with Crippen LogP contribution in [0.2, 0.25) is 0 Å². The van der Waals surface area contributed by atoms with Gasteiger partial charge in [0.25, 0.3) is 5.89 Å². The Balaban J connectivity index is 1.54. The number of sulfonamides is 1. The normalized spacial score (nSPS) is 12.6. The largest absolute Gasteiger partial charge is 0.453 e. The molecule has 0 radical (unpaired) electrons. The van der Waals surface area contributed by atoms with E-state index in [9.17, 15) is 13.2 Å². The average molecular weight is 472 g/mol. The van der Waals surface area contributed by atoms with Gasteiger partial charge in [-0.05, 0) is 50.1 Å². The molecule has 1 unspecified atom stereocenters. The first-order chi connectivity index (χ1) is 15.7. The predicted octanol–water partition coefficient (Wildman–Crippen LogP) is 4.31. The highest BCUT2D eigenvalue weighted by Gasteiger charge is 2.22. The van der Waals surface area contributed by atoms with Crippen molar-refractivity contribution in [2.45, 2.75) is 51.5 Å². The Morgan fingerprint density at radius 2 is 1.67 bits per heavy atom. The summed E-state index contributed by atoms with van der Waals surface area (Å²) in [5, 5.41) is 8.02. The van der Waals surface area contributed by atoms with Gasteiger partial charge in [-0.15, -0.1) is 10.2 Å². The molecule has 2 aromatic carbocycles. The van der Waals surface area contributed by atoms with Crippen LogP contribution in [-0.2, 0) is 26.0 Å². The van der Waals surface area contributed by atoms with Crippen LogP contribution in [0.25, 0.3) is 11.5 Å². The third kappa shape index (κ3) is 6.06. The lowest BCUT2D eigenvalue weighted by molar-refractivity contribution is -0.149. The monoisotopic (exact) mass is 471 g/mol. The van der Waals surface area contributed by atoms with Crippen LogP contribution in [0.1, 0.15) is 50.3 Å². The van der Waals surface area contributed by atoms with Gasteiger partial charge in [-0.25, -0.2) is 8.42 Å². The van der Waals surface area contributed by atoms with E-state index in [2.05, 4.69) is 10.2 Å². The van der Waals surface area contributed by atoms with Crippen LogP contribution in [0.4, 0.5) is 0 Å². The molecule has 176 valence electrons. The van der Waals surface area contributed by atoms with Crippen LogP contribution < -0.4 is 0 Å². The van der Waals surface area contributed by atoms with Gasteiger partial charge in [0, 0.05) is 25.1 Å². The number of nitrogens with zero attached hydrogens (tertiary/aromatic N) is 3. The third-order valence-corrected chi connectivity index (χ3v) is 7.34. The molecule has 1 heterocycles. The number of rotatable bonds is 10. The van der Waals surface area contributed by atoms with Gasteiger partial charge in [0.1, 0.15) is 0 Å². The van der Waals surface area contributed by atoms with Crippen LogP contribution in [0, 0.1) is 6.92 Å². The molecule has 33 heavy (non-hydrogen) atoms. The maximum atomic E-state index is 12.6.